The van der Waals surface area contributed by atoms with Crippen molar-refractivity contribution in [3.8, 4) is 0 Å². The lowest BCUT2D eigenvalue weighted by Crippen LogP contribution is -2.13. The van der Waals surface area contributed by atoms with E-state index in [0.717, 1.165) is 12.1 Å². The molecule has 0 saturated heterocycles. The number of aromatic amines is 1. The molecule has 0 fully saturated rings. The number of hydrogen-bond donors (Lipinski definition) is 2. The molecule has 0 spiro atoms. The Labute approximate surface area is 96.1 Å². The highest BCUT2D eigenvalue weighted by molar-refractivity contribution is 7.13. The average molecular weight is 237 g/mol. The van der Waals surface area contributed by atoms with Crippen LogP contribution in [0.15, 0.2) is 5.38 Å². The fraction of sp³-hybridized carbons (Fsp3) is 0.333. The van der Waals surface area contributed by atoms with E-state index in [9.17, 15) is 4.79 Å². The van der Waals surface area contributed by atoms with Crippen LogP contribution in [-0.4, -0.2) is 26.1 Å². The van der Waals surface area contributed by atoms with Crippen LogP contribution < -0.4 is 5.32 Å². The minimum absolute atomic E-state index is 0.143. The van der Waals surface area contributed by atoms with Crippen LogP contribution in [0.1, 0.15) is 29.1 Å². The maximum atomic E-state index is 11.7. The highest BCUT2D eigenvalue weighted by atomic mass is 32.1. The molecular formula is C9H11N5OS. The van der Waals surface area contributed by atoms with E-state index >= 15 is 0 Å². The van der Waals surface area contributed by atoms with Gasteiger partial charge in [0.25, 0.3) is 5.91 Å². The molecule has 0 aliphatic carbocycles. The van der Waals surface area contributed by atoms with Crippen LogP contribution in [0.2, 0.25) is 0 Å². The Morgan fingerprint density at radius 2 is 2.38 bits per heavy atom. The smallest absolute Gasteiger partial charge is 0.295 e. The molecule has 6 nitrogen and oxygen atoms in total. The molecule has 0 aliphatic heterocycles. The Morgan fingerprint density at radius 3 is 2.94 bits per heavy atom. The third-order valence-corrected chi connectivity index (χ3v) is 2.78. The molecule has 2 aromatic rings. The molecule has 2 N–H and O–H groups in total. The van der Waals surface area contributed by atoms with E-state index in [2.05, 4.69) is 25.5 Å². The van der Waals surface area contributed by atoms with Gasteiger partial charge < -0.3 is 0 Å². The van der Waals surface area contributed by atoms with E-state index in [1.807, 2.05) is 19.2 Å². The van der Waals surface area contributed by atoms with E-state index < -0.39 is 0 Å². The maximum Gasteiger partial charge on any atom is 0.297 e. The minimum atomic E-state index is -0.342. The van der Waals surface area contributed by atoms with Gasteiger partial charge in [-0.3, -0.25) is 15.2 Å². The van der Waals surface area contributed by atoms with Crippen molar-refractivity contribution in [2.75, 3.05) is 5.32 Å². The molecule has 0 atom stereocenters. The molecule has 2 heterocycles. The number of nitrogens with zero attached hydrogens (tertiary/aromatic N) is 3. The van der Waals surface area contributed by atoms with Gasteiger partial charge in [0.1, 0.15) is 5.82 Å². The second-order valence-electron chi connectivity index (χ2n) is 3.21. The van der Waals surface area contributed by atoms with Crippen LogP contribution in [0.4, 0.5) is 5.13 Å². The number of carbonyl (C=O) groups is 1. The summed E-state index contributed by atoms with van der Waals surface area (Å²) in [7, 11) is 0. The molecule has 0 bridgehead atoms. The number of rotatable bonds is 3. The molecular weight excluding hydrogens is 226 g/mol. The van der Waals surface area contributed by atoms with Crippen LogP contribution in [0.3, 0.4) is 0 Å². The molecule has 0 aliphatic rings. The Bertz CT molecular complexity index is 503. The average Bonchev–Trinajstić information content (AvgIpc) is 2.87. The monoisotopic (exact) mass is 237 g/mol. The number of nitrogens with one attached hydrogen (secondary N) is 2. The van der Waals surface area contributed by atoms with E-state index in [4.69, 9.17) is 0 Å². The number of aromatic nitrogens is 4. The van der Waals surface area contributed by atoms with Crippen molar-refractivity contribution in [1.82, 2.24) is 20.2 Å². The standard InChI is InChI=1S/C9H11N5OS/c1-3-6-11-7(14-13-6)8(15)12-9-10-5(2)4-16-9/h4H,3H2,1-2H3,(H,10,12,15)(H,11,13,14). The van der Waals surface area contributed by atoms with Crippen molar-refractivity contribution in [3.63, 3.8) is 0 Å². The van der Waals surface area contributed by atoms with Gasteiger partial charge in [0.2, 0.25) is 5.82 Å². The molecule has 0 unspecified atom stereocenters. The van der Waals surface area contributed by atoms with Gasteiger partial charge in [0, 0.05) is 11.8 Å². The van der Waals surface area contributed by atoms with E-state index in [0.29, 0.717) is 11.0 Å². The lowest BCUT2D eigenvalue weighted by molar-refractivity contribution is 0.101. The largest absolute Gasteiger partial charge is 0.297 e. The quantitative estimate of drug-likeness (QED) is 0.844. The summed E-state index contributed by atoms with van der Waals surface area (Å²) in [6.45, 7) is 3.81. The number of anilines is 1. The summed E-state index contributed by atoms with van der Waals surface area (Å²) in [5, 5.41) is 11.6. The van der Waals surface area contributed by atoms with E-state index in [1.165, 1.54) is 11.3 Å². The highest BCUT2D eigenvalue weighted by Gasteiger charge is 2.13. The molecule has 16 heavy (non-hydrogen) atoms. The SMILES string of the molecule is CCc1nc(C(=O)Nc2nc(C)cs2)n[nH]1. The van der Waals surface area contributed by atoms with Crippen molar-refractivity contribution in [3.05, 3.63) is 22.7 Å². The number of H-pyrrole nitrogens is 1. The summed E-state index contributed by atoms with van der Waals surface area (Å²) in [5.74, 6) is 0.496. The van der Waals surface area contributed by atoms with Crippen molar-refractivity contribution >= 4 is 22.4 Å². The predicted molar refractivity (Wildman–Crippen MR) is 60.6 cm³/mol. The molecule has 0 saturated carbocycles. The topological polar surface area (TPSA) is 83.6 Å². The summed E-state index contributed by atoms with van der Waals surface area (Å²) in [6, 6.07) is 0. The van der Waals surface area contributed by atoms with Crippen molar-refractivity contribution < 1.29 is 4.79 Å². The normalized spacial score (nSPS) is 10.4. The Hall–Kier alpha value is -1.76. The zero-order chi connectivity index (χ0) is 11.5. The van der Waals surface area contributed by atoms with Crippen molar-refractivity contribution in [1.29, 1.82) is 0 Å². The van der Waals surface area contributed by atoms with Gasteiger partial charge in [0.05, 0.1) is 5.69 Å². The zero-order valence-electron chi connectivity index (χ0n) is 8.94. The zero-order valence-corrected chi connectivity index (χ0v) is 9.76. The van der Waals surface area contributed by atoms with Crippen molar-refractivity contribution in [2.24, 2.45) is 0 Å². The third kappa shape index (κ3) is 2.25. The van der Waals surface area contributed by atoms with Gasteiger partial charge in [0.15, 0.2) is 5.13 Å². The first-order chi connectivity index (χ1) is 7.69. The number of aryl methyl sites for hydroxylation is 2. The summed E-state index contributed by atoms with van der Waals surface area (Å²) in [4.78, 5) is 19.8. The second kappa shape index (κ2) is 4.40. The number of hydrogen-bond acceptors (Lipinski definition) is 5. The van der Waals surface area contributed by atoms with Gasteiger partial charge in [-0.25, -0.2) is 9.97 Å². The summed E-state index contributed by atoms with van der Waals surface area (Å²) < 4.78 is 0. The van der Waals surface area contributed by atoms with Crippen LogP contribution in [0.25, 0.3) is 0 Å². The molecule has 7 heteroatoms. The van der Waals surface area contributed by atoms with Gasteiger partial charge in [-0.15, -0.1) is 16.4 Å². The molecule has 2 aromatic heterocycles. The predicted octanol–water partition coefficient (Wildman–Crippen LogP) is 1.38. The van der Waals surface area contributed by atoms with Crippen LogP contribution in [0, 0.1) is 6.92 Å². The Kier molecular flexibility index (Phi) is 2.95. The van der Waals surface area contributed by atoms with Gasteiger partial charge in [-0.05, 0) is 6.92 Å². The maximum absolute atomic E-state index is 11.7. The van der Waals surface area contributed by atoms with Crippen molar-refractivity contribution in [2.45, 2.75) is 20.3 Å². The van der Waals surface area contributed by atoms with Crippen LogP contribution in [-0.2, 0) is 6.42 Å². The van der Waals surface area contributed by atoms with Crippen LogP contribution >= 0.6 is 11.3 Å². The molecule has 0 aromatic carbocycles. The third-order valence-electron chi connectivity index (χ3n) is 1.91. The number of thiazole rings is 1. The van der Waals surface area contributed by atoms with E-state index in [-0.39, 0.29) is 11.7 Å². The van der Waals surface area contributed by atoms with Gasteiger partial charge in [-0.2, -0.15) is 0 Å². The summed E-state index contributed by atoms with van der Waals surface area (Å²) >= 11 is 1.38. The fourth-order valence-electron chi connectivity index (χ4n) is 1.12. The van der Waals surface area contributed by atoms with Gasteiger partial charge in [-0.1, -0.05) is 6.92 Å². The number of amides is 1. The first-order valence-corrected chi connectivity index (χ1v) is 5.71. The minimum Gasteiger partial charge on any atom is -0.295 e. The summed E-state index contributed by atoms with van der Waals surface area (Å²) in [5.41, 5.74) is 0.879. The first-order valence-electron chi connectivity index (χ1n) is 4.83. The molecule has 84 valence electrons. The Morgan fingerprint density at radius 1 is 1.56 bits per heavy atom. The lowest BCUT2D eigenvalue weighted by atomic mass is 10.5. The van der Waals surface area contributed by atoms with Gasteiger partial charge >= 0.3 is 0 Å². The number of carbonyl (C=O) groups excluding carboxylic acids is 1. The first kappa shape index (κ1) is 10.7. The van der Waals surface area contributed by atoms with E-state index in [1.54, 1.807) is 0 Å². The second-order valence-corrected chi connectivity index (χ2v) is 4.07. The molecule has 0 radical (unpaired) electrons. The van der Waals surface area contributed by atoms with Crippen LogP contribution in [0.5, 0.6) is 0 Å². The molecule has 2 rings (SSSR count). The Balaban J connectivity index is 2.08. The summed E-state index contributed by atoms with van der Waals surface area (Å²) in [6.07, 6.45) is 0.719. The fourth-order valence-corrected chi connectivity index (χ4v) is 1.80. The highest BCUT2D eigenvalue weighted by Crippen LogP contribution is 2.14. The molecule has 1 amide bonds. The lowest BCUT2D eigenvalue weighted by Gasteiger charge is -1.95.